The van der Waals surface area contributed by atoms with Gasteiger partial charge in [-0.05, 0) is 228 Å². The van der Waals surface area contributed by atoms with Gasteiger partial charge in [-0.3, -0.25) is 28.5 Å². The summed E-state index contributed by atoms with van der Waals surface area (Å²) in [6.07, 6.45) is 15.6. The minimum Gasteiger partial charge on any atom is -0.508 e. The Hall–Kier alpha value is -15.8. The van der Waals surface area contributed by atoms with E-state index in [2.05, 4.69) is 86.9 Å². The third kappa shape index (κ3) is 35.9. The average molecular weight is 2060 g/mol. The molecule has 0 saturated heterocycles. The van der Waals surface area contributed by atoms with Crippen molar-refractivity contribution in [2.24, 2.45) is 0 Å². The number of nitrogen functional groups attached to an aromatic ring is 2. The molecule has 1 aliphatic carbocycles. The Bertz CT molecular complexity index is 6600. The van der Waals surface area contributed by atoms with Crippen molar-refractivity contribution in [1.29, 1.82) is 0 Å². The number of aliphatic carboxylic acids is 3. The minimum atomic E-state index is -1.45. The van der Waals surface area contributed by atoms with Gasteiger partial charge in [0, 0.05) is 139 Å². The van der Waals surface area contributed by atoms with Gasteiger partial charge < -0.3 is 70.9 Å². The zero-order chi connectivity index (χ0) is 99.5. The summed E-state index contributed by atoms with van der Waals surface area (Å²) in [7, 11) is 3.99. The number of anilines is 4. The van der Waals surface area contributed by atoms with Crippen molar-refractivity contribution in [3.8, 4) is 75.0 Å². The molecule has 11 N–H and O–H groups in total. The number of carboxylic acid groups (broad SMARTS) is 3. The van der Waals surface area contributed by atoms with Gasteiger partial charge in [0.15, 0.2) is 22.9 Å². The van der Waals surface area contributed by atoms with Crippen molar-refractivity contribution >= 4 is 114 Å². The van der Waals surface area contributed by atoms with Gasteiger partial charge in [0.05, 0.1) is 22.7 Å². The number of pyridine rings is 5. The summed E-state index contributed by atoms with van der Waals surface area (Å²) >= 11 is 6.59. The number of amides is 1. The normalized spacial score (nSPS) is 10.7. The molecule has 17 rings (SSSR count). The maximum Gasteiger partial charge on any atom is 0.488 e. The standard InChI is InChI=1S/C28H27N7O4.C23H19N7O2.C11H10BNO3.C11H8BrNO.C8H13NO2.C6H5BrO.C5H4FN.2C2H4O2.C2H6.Cu/c1-28(2,3)39-27(37)33(4)19-8-7-9-20(16-19)35-25-23(24(29)31-17-32-25)34(26(35)36)18-11-13-21(14-12-18)38-22-10-5-6-15-30-22;1-25-15-5-4-6-17(13-15)30-22-20(21(24)27-14-28-22)29(23(30)31)16-8-10-18(11-9-16)32-19-7-2-3-12-26-19;14-12(15)9-4-6-10(7-5-9)16-11-3-1-2-8-13-11;12-9-4-6-10(7-5-9)14-11-3-1-2-8-13-11;1-9(7-4-5-7)6-2-3-8(10)11;7-5-1-3-6(8)4-2-5;6-5-3-1-2-4-7-5;2*1-2(3)4;1-2;/h5-17H,1-4H3,(H2,29,31,32);2-14,25H,1H3,(H2,24,27,28);1-8,14-15H;1-8H;2-3,7H,4-6H2,1H3,(H,10,11);1-4,8H;1-4H;2*1H3,(H,3,4);1-2H3;/b;;;;3-2+;;;;;;. The van der Waals surface area contributed by atoms with E-state index < -0.39 is 48.4 Å². The number of fused-ring (bicyclic) bond motifs is 2. The van der Waals surface area contributed by atoms with Gasteiger partial charge >= 0.3 is 30.6 Å². The van der Waals surface area contributed by atoms with Gasteiger partial charge in [0.2, 0.25) is 29.5 Å². The first kappa shape index (κ1) is 109. The number of carbonyl (C=O) groups is 4. The van der Waals surface area contributed by atoms with Gasteiger partial charge in [-0.15, -0.1) is 0 Å². The summed E-state index contributed by atoms with van der Waals surface area (Å²) in [5, 5.41) is 52.7. The second-order valence-corrected chi connectivity index (χ2v) is 31.0. The maximum absolute atomic E-state index is 13.9. The third-order valence-electron chi connectivity index (χ3n) is 17.7. The number of rotatable bonds is 19. The van der Waals surface area contributed by atoms with Crippen molar-refractivity contribution in [2.45, 2.75) is 73.0 Å². The van der Waals surface area contributed by atoms with E-state index in [1.165, 1.54) is 67.0 Å². The number of phenols is 1. The molecule has 0 atom stereocenters. The molecular weight excluding hydrogens is 1950 g/mol. The van der Waals surface area contributed by atoms with E-state index in [9.17, 15) is 23.6 Å². The molecule has 0 spiro atoms. The number of halogens is 3. The Morgan fingerprint density at radius 1 is 0.500 bits per heavy atom. The summed E-state index contributed by atoms with van der Waals surface area (Å²) in [6, 6.07) is 76.4. The van der Waals surface area contributed by atoms with Crippen LogP contribution < -0.4 is 57.5 Å². The molecule has 1 fully saturated rings. The molecule has 9 aromatic heterocycles. The predicted molar refractivity (Wildman–Crippen MR) is 530 cm³/mol. The van der Waals surface area contributed by atoms with Crippen molar-refractivity contribution in [3.63, 3.8) is 0 Å². The molecule has 1 amide bonds. The van der Waals surface area contributed by atoms with E-state index in [1.54, 1.807) is 222 Å². The quantitative estimate of drug-likeness (QED) is 0.0206. The Labute approximate surface area is 821 Å². The molecule has 0 aliphatic heterocycles. The van der Waals surface area contributed by atoms with Crippen LogP contribution in [0.15, 0.2) is 335 Å². The van der Waals surface area contributed by atoms with E-state index in [-0.39, 0.29) is 34.4 Å². The number of phenolic OH excluding ortho intramolecular Hbond substituents is 1. The summed E-state index contributed by atoms with van der Waals surface area (Å²) < 4.78 is 47.7. The van der Waals surface area contributed by atoms with Crippen LogP contribution in [-0.2, 0) is 36.2 Å². The fourth-order valence-corrected chi connectivity index (χ4v) is 12.1. The number of ether oxygens (including phenoxy) is 5. The molecule has 719 valence electrons. The van der Waals surface area contributed by atoms with Crippen LogP contribution in [0.1, 0.15) is 61.3 Å². The van der Waals surface area contributed by atoms with Crippen molar-refractivity contribution in [1.82, 2.24) is 68.0 Å². The van der Waals surface area contributed by atoms with E-state index in [4.69, 9.17) is 75.2 Å². The van der Waals surface area contributed by atoms with Crippen LogP contribution in [0, 0.1) is 5.95 Å². The molecule has 0 unspecified atom stereocenters. The fourth-order valence-electron chi connectivity index (χ4n) is 11.5. The molecule has 35 nitrogen and oxygen atoms in total. The van der Waals surface area contributed by atoms with Crippen LogP contribution >= 0.6 is 31.9 Å². The van der Waals surface area contributed by atoms with Gasteiger partial charge in [0.25, 0.3) is 11.9 Å². The maximum atomic E-state index is 13.9. The van der Waals surface area contributed by atoms with E-state index >= 15 is 0 Å². The van der Waals surface area contributed by atoms with Gasteiger partial charge in [-0.1, -0.05) is 106 Å². The van der Waals surface area contributed by atoms with Gasteiger partial charge in [-0.2, -0.15) is 4.39 Å². The number of aromatic hydroxyl groups is 1. The van der Waals surface area contributed by atoms with Crippen LogP contribution in [0.25, 0.3) is 45.1 Å². The number of hydrogen-bond acceptors (Lipinski definition) is 27. The number of hydrogen-bond donors (Lipinski definition) is 9. The number of nitrogens with two attached hydrogens (primary N) is 2. The zero-order valence-electron chi connectivity index (χ0n) is 76.3. The van der Waals surface area contributed by atoms with Crippen LogP contribution in [-0.4, -0.2) is 169 Å². The molecular formula is C98H100BBr2CuFN18O17. The number of nitrogens with zero attached hydrogens (tertiary/aromatic N) is 15. The smallest absolute Gasteiger partial charge is 0.488 e. The number of benzene rings is 7. The summed E-state index contributed by atoms with van der Waals surface area (Å²) in [5.74, 6) is 2.26. The minimum absolute atomic E-state index is 0. The number of carbonyl (C=O) groups excluding carboxylic acids is 1. The molecule has 40 heteroatoms. The summed E-state index contributed by atoms with van der Waals surface area (Å²) in [4.78, 5) is 108. The molecule has 1 saturated carbocycles. The number of likely N-dealkylation sites (N-methyl/N-ethyl adjacent to an activating group) is 1. The number of carboxylic acids is 3. The Morgan fingerprint density at radius 2 is 0.870 bits per heavy atom. The molecule has 138 heavy (non-hydrogen) atoms. The van der Waals surface area contributed by atoms with E-state index in [0.29, 0.717) is 109 Å². The Balaban J connectivity index is 0.000000232. The van der Waals surface area contributed by atoms with E-state index in [1.807, 2.05) is 119 Å². The van der Waals surface area contributed by atoms with Crippen LogP contribution in [0.3, 0.4) is 0 Å². The molecule has 1 aliphatic rings. The zero-order valence-corrected chi connectivity index (χ0v) is 80.4. The average Bonchev–Trinajstić information content (AvgIpc) is 1.59. The predicted octanol–water partition coefficient (Wildman–Crippen LogP) is 17.6. The molecule has 9 heterocycles. The second kappa shape index (κ2) is 55.7. The molecule has 16 aromatic rings. The molecule has 0 bridgehead atoms. The van der Waals surface area contributed by atoms with Crippen molar-refractivity contribution < 1.29 is 94.8 Å². The Morgan fingerprint density at radius 3 is 1.20 bits per heavy atom. The number of aromatic nitrogens is 13. The van der Waals surface area contributed by atoms with Crippen molar-refractivity contribution in [2.75, 3.05) is 49.4 Å². The SMILES string of the molecule is Brc1ccc(Oc2ccccn2)cc1.CC.CC(=O)O.CC(=O)O.CN(C(=O)OC(C)(C)C)c1cccc(-n2c(=O)n(-c3ccc(Oc4ccccn4)cc3)c3c(N)ncnc32)c1.CN(C/C=C/C(=O)O)C1CC1.CNc1cccc(-n2c(=O)n(-c3ccc(Oc4ccccn4)cc3)c3c(N)ncnc32)c1.Fc1ccccn1.OB(O)c1ccc(Oc2ccccn2)cc1.Oc1ccc(Br)cc1.[Cu]. The third-order valence-corrected chi connectivity index (χ3v) is 18.8. The molecule has 7 aromatic carbocycles. The second-order valence-electron chi connectivity index (χ2n) is 29.2. The van der Waals surface area contributed by atoms with Gasteiger partial charge in [0.1, 0.15) is 58.0 Å². The number of imidazole rings is 2. The first-order chi connectivity index (χ1) is 65.7. The summed E-state index contributed by atoms with van der Waals surface area (Å²) in [6.45, 7) is 12.3. The van der Waals surface area contributed by atoms with Gasteiger partial charge in [-0.25, -0.2) is 73.2 Å². The van der Waals surface area contributed by atoms with Crippen LogP contribution in [0.4, 0.5) is 32.2 Å². The summed E-state index contributed by atoms with van der Waals surface area (Å²) in [5.41, 5.74) is 16.7. The fraction of sp³-hybridized carbons (Fsp3) is 0.153. The molecule has 1 radical (unpaired) electrons. The van der Waals surface area contributed by atoms with E-state index in [0.717, 1.165) is 40.8 Å². The first-order valence-corrected chi connectivity index (χ1v) is 43.4. The largest absolute Gasteiger partial charge is 0.508 e. The first-order valence-electron chi connectivity index (χ1n) is 41.8. The van der Waals surface area contributed by atoms with Crippen LogP contribution in [0.2, 0.25) is 0 Å². The Kier molecular flexibility index (Phi) is 44.1. The van der Waals surface area contributed by atoms with Crippen LogP contribution in [0.5, 0.6) is 52.3 Å². The van der Waals surface area contributed by atoms with Crippen molar-refractivity contribution in [3.05, 3.63) is 353 Å². The monoisotopic (exact) mass is 2050 g/mol. The topological polar surface area (TPSA) is 476 Å². The number of nitrogens with one attached hydrogen (secondary N) is 1.